The molecule has 3 heterocycles. The third-order valence-corrected chi connectivity index (χ3v) is 6.16. The summed E-state index contributed by atoms with van der Waals surface area (Å²) in [4.78, 5) is 28.9. The first-order chi connectivity index (χ1) is 14.5. The Morgan fingerprint density at radius 2 is 2.03 bits per heavy atom. The van der Waals surface area contributed by atoms with Gasteiger partial charge in [-0.05, 0) is 44.7 Å². The van der Waals surface area contributed by atoms with Gasteiger partial charge in [-0.2, -0.15) is 10.2 Å². The number of fused-ring (bicyclic) bond motifs is 1. The fourth-order valence-corrected chi connectivity index (χ4v) is 4.60. The largest absolute Gasteiger partial charge is 0.368 e. The summed E-state index contributed by atoms with van der Waals surface area (Å²) in [6.07, 6.45) is 3.59. The lowest BCUT2D eigenvalue weighted by Crippen LogP contribution is -2.33. The van der Waals surface area contributed by atoms with Crippen LogP contribution in [0.25, 0.3) is 10.9 Å². The van der Waals surface area contributed by atoms with E-state index in [4.69, 9.17) is 22.3 Å². The number of halogens is 1. The molecule has 2 aliphatic rings. The first-order valence-electron chi connectivity index (χ1n) is 10.0. The van der Waals surface area contributed by atoms with Gasteiger partial charge in [-0.25, -0.2) is 9.97 Å². The summed E-state index contributed by atoms with van der Waals surface area (Å²) in [6.45, 7) is 2.45. The standard InChI is InChI=1S/C21H20ClN7O/c1-11-13(10-23)18(27-21(24)25-11)28-9-3-6-16(28)19-26-15-5-2-4-14(22)17(15)20(30)29(19)12-7-8-12/h2,4-5,12,16H,3,6-9H2,1H3,(H2,24,25,27). The molecule has 0 amide bonds. The monoisotopic (exact) mass is 421 g/mol. The van der Waals surface area contributed by atoms with E-state index in [1.165, 1.54) is 0 Å². The molecule has 1 saturated carbocycles. The molecule has 152 valence electrons. The second kappa shape index (κ2) is 6.96. The Hall–Kier alpha value is -3.18. The summed E-state index contributed by atoms with van der Waals surface area (Å²) in [5.74, 6) is 1.34. The SMILES string of the molecule is Cc1nc(N)nc(N2CCCC2c2nc3cccc(Cl)c3c(=O)n2C2CC2)c1C#N. The number of nitrogen functional groups attached to an aromatic ring is 1. The maximum absolute atomic E-state index is 13.4. The highest BCUT2D eigenvalue weighted by atomic mass is 35.5. The van der Waals surface area contributed by atoms with E-state index in [-0.39, 0.29) is 23.6 Å². The van der Waals surface area contributed by atoms with Crippen LogP contribution >= 0.6 is 11.6 Å². The molecule has 1 saturated heterocycles. The van der Waals surface area contributed by atoms with Gasteiger partial charge in [0.25, 0.3) is 5.56 Å². The van der Waals surface area contributed by atoms with Crippen molar-refractivity contribution < 1.29 is 0 Å². The summed E-state index contributed by atoms with van der Waals surface area (Å²) >= 11 is 6.34. The van der Waals surface area contributed by atoms with E-state index in [1.807, 2.05) is 11.0 Å². The molecule has 5 rings (SSSR count). The molecule has 0 radical (unpaired) electrons. The minimum absolute atomic E-state index is 0.103. The topological polar surface area (TPSA) is 114 Å². The molecule has 1 aliphatic carbocycles. The van der Waals surface area contributed by atoms with Gasteiger partial charge in [-0.1, -0.05) is 17.7 Å². The molecule has 30 heavy (non-hydrogen) atoms. The molecule has 2 fully saturated rings. The molecule has 0 spiro atoms. The van der Waals surface area contributed by atoms with Crippen LogP contribution < -0.4 is 16.2 Å². The van der Waals surface area contributed by atoms with Gasteiger partial charge in [0.05, 0.1) is 27.7 Å². The van der Waals surface area contributed by atoms with Gasteiger partial charge in [-0.15, -0.1) is 0 Å². The number of rotatable bonds is 3. The molecule has 2 aromatic heterocycles. The number of hydrogen-bond donors (Lipinski definition) is 1. The summed E-state index contributed by atoms with van der Waals surface area (Å²) < 4.78 is 1.81. The number of aryl methyl sites for hydroxylation is 1. The fraction of sp³-hybridized carbons (Fsp3) is 0.381. The molecule has 0 bridgehead atoms. The third kappa shape index (κ3) is 2.89. The Morgan fingerprint density at radius 3 is 2.77 bits per heavy atom. The molecular weight excluding hydrogens is 402 g/mol. The normalized spacial score (nSPS) is 18.7. The maximum atomic E-state index is 13.4. The van der Waals surface area contributed by atoms with E-state index in [1.54, 1.807) is 23.6 Å². The van der Waals surface area contributed by atoms with Gasteiger partial charge in [0, 0.05) is 12.6 Å². The molecule has 8 nitrogen and oxygen atoms in total. The first-order valence-corrected chi connectivity index (χ1v) is 10.4. The average molecular weight is 422 g/mol. The van der Waals surface area contributed by atoms with Crippen LogP contribution in [-0.4, -0.2) is 26.1 Å². The number of anilines is 2. The van der Waals surface area contributed by atoms with Crippen LogP contribution in [0.3, 0.4) is 0 Å². The summed E-state index contributed by atoms with van der Waals surface area (Å²) in [6, 6.07) is 7.50. The van der Waals surface area contributed by atoms with Gasteiger partial charge in [0.15, 0.2) is 5.82 Å². The third-order valence-electron chi connectivity index (χ3n) is 5.84. The first kappa shape index (κ1) is 18.8. The predicted molar refractivity (Wildman–Crippen MR) is 115 cm³/mol. The molecule has 1 unspecified atom stereocenters. The molecule has 3 aromatic rings. The highest BCUT2D eigenvalue weighted by Crippen LogP contribution is 2.41. The Bertz CT molecular complexity index is 1280. The predicted octanol–water partition coefficient (Wildman–Crippen LogP) is 3.28. The second-order valence-electron chi connectivity index (χ2n) is 7.84. The van der Waals surface area contributed by atoms with Crippen molar-refractivity contribution in [3.8, 4) is 6.07 Å². The van der Waals surface area contributed by atoms with Crippen molar-refractivity contribution in [3.63, 3.8) is 0 Å². The van der Waals surface area contributed by atoms with Crippen LogP contribution in [0.1, 0.15) is 54.8 Å². The maximum Gasteiger partial charge on any atom is 0.263 e. The lowest BCUT2D eigenvalue weighted by atomic mass is 10.1. The van der Waals surface area contributed by atoms with Gasteiger partial charge >= 0.3 is 0 Å². The van der Waals surface area contributed by atoms with Crippen LogP contribution in [0.4, 0.5) is 11.8 Å². The number of nitriles is 1. The van der Waals surface area contributed by atoms with Crippen molar-refractivity contribution in [3.05, 3.63) is 50.7 Å². The number of nitrogens with zero attached hydrogens (tertiary/aromatic N) is 6. The van der Waals surface area contributed by atoms with Gasteiger partial charge in [-0.3, -0.25) is 9.36 Å². The van der Waals surface area contributed by atoms with E-state index >= 15 is 0 Å². The molecule has 1 aromatic carbocycles. The summed E-state index contributed by atoms with van der Waals surface area (Å²) in [7, 11) is 0. The van der Waals surface area contributed by atoms with Gasteiger partial charge in [0.1, 0.15) is 17.5 Å². The lowest BCUT2D eigenvalue weighted by Gasteiger charge is -2.28. The van der Waals surface area contributed by atoms with Crippen molar-refractivity contribution in [2.45, 2.75) is 44.7 Å². The number of benzene rings is 1. The molecule has 2 N–H and O–H groups in total. The highest BCUT2D eigenvalue weighted by molar-refractivity contribution is 6.35. The van der Waals surface area contributed by atoms with Crippen molar-refractivity contribution in [2.24, 2.45) is 0 Å². The Morgan fingerprint density at radius 1 is 1.23 bits per heavy atom. The van der Waals surface area contributed by atoms with Crippen LogP contribution in [0, 0.1) is 18.3 Å². The number of aromatic nitrogens is 4. The Kier molecular flexibility index (Phi) is 4.36. The lowest BCUT2D eigenvalue weighted by molar-refractivity contribution is 0.564. The average Bonchev–Trinajstić information content (AvgIpc) is 3.42. The van der Waals surface area contributed by atoms with Crippen molar-refractivity contribution in [1.29, 1.82) is 5.26 Å². The zero-order valence-electron chi connectivity index (χ0n) is 16.5. The fourth-order valence-electron chi connectivity index (χ4n) is 4.35. The summed E-state index contributed by atoms with van der Waals surface area (Å²) in [5, 5.41) is 10.6. The van der Waals surface area contributed by atoms with Crippen molar-refractivity contribution >= 4 is 34.3 Å². The summed E-state index contributed by atoms with van der Waals surface area (Å²) in [5.41, 5.74) is 7.33. The highest BCUT2D eigenvalue weighted by Gasteiger charge is 2.37. The van der Waals surface area contributed by atoms with Crippen molar-refractivity contribution in [1.82, 2.24) is 19.5 Å². The van der Waals surface area contributed by atoms with Gasteiger partial charge < -0.3 is 10.6 Å². The zero-order valence-corrected chi connectivity index (χ0v) is 17.2. The van der Waals surface area contributed by atoms with E-state index in [2.05, 4.69) is 16.0 Å². The van der Waals surface area contributed by atoms with E-state index in [0.29, 0.717) is 45.4 Å². The number of hydrogen-bond acceptors (Lipinski definition) is 7. The van der Waals surface area contributed by atoms with Crippen LogP contribution in [0.2, 0.25) is 5.02 Å². The van der Waals surface area contributed by atoms with Crippen LogP contribution in [0.15, 0.2) is 23.0 Å². The minimum Gasteiger partial charge on any atom is -0.368 e. The molecule has 1 atom stereocenters. The molecular formula is C21H20ClN7O. The molecule has 1 aliphatic heterocycles. The van der Waals surface area contributed by atoms with Crippen LogP contribution in [-0.2, 0) is 0 Å². The van der Waals surface area contributed by atoms with E-state index < -0.39 is 0 Å². The quantitative estimate of drug-likeness (QED) is 0.690. The van der Waals surface area contributed by atoms with Crippen LogP contribution in [0.5, 0.6) is 0 Å². The smallest absolute Gasteiger partial charge is 0.263 e. The van der Waals surface area contributed by atoms with E-state index in [0.717, 1.165) is 25.7 Å². The Balaban J connectivity index is 1.72. The van der Waals surface area contributed by atoms with E-state index in [9.17, 15) is 10.1 Å². The molecule has 9 heteroatoms. The zero-order chi connectivity index (χ0) is 21.0. The minimum atomic E-state index is -0.178. The van der Waals surface area contributed by atoms with Gasteiger partial charge in [0.2, 0.25) is 5.95 Å². The second-order valence-corrected chi connectivity index (χ2v) is 8.25. The Labute approximate surface area is 177 Å². The van der Waals surface area contributed by atoms with Crippen molar-refractivity contribution in [2.75, 3.05) is 17.2 Å². The number of nitrogens with two attached hydrogens (primary N) is 1.